The molecule has 8 nitrogen and oxygen atoms in total. The lowest BCUT2D eigenvalue weighted by molar-refractivity contribution is -0.385. The van der Waals surface area contributed by atoms with E-state index in [1.807, 2.05) is 0 Å². The molecule has 0 atom stereocenters. The second-order valence-electron chi connectivity index (χ2n) is 5.74. The number of amides is 2. The van der Waals surface area contributed by atoms with E-state index in [0.29, 0.717) is 22.0 Å². The lowest BCUT2D eigenvalue weighted by atomic mass is 10.1. The Kier molecular flexibility index (Phi) is 7.11. The van der Waals surface area contributed by atoms with E-state index in [1.54, 1.807) is 18.2 Å². The molecule has 9 heteroatoms. The maximum absolute atomic E-state index is 12.2. The molecule has 0 bridgehead atoms. The van der Waals surface area contributed by atoms with E-state index in [-0.39, 0.29) is 12.2 Å². The highest BCUT2D eigenvalue weighted by Crippen LogP contribution is 2.27. The quantitative estimate of drug-likeness (QED) is 0.434. The number of carbonyl (C=O) groups is 2. The van der Waals surface area contributed by atoms with Gasteiger partial charge in [-0.15, -0.1) is 0 Å². The van der Waals surface area contributed by atoms with Gasteiger partial charge in [-0.1, -0.05) is 23.7 Å². The lowest BCUT2D eigenvalue weighted by Crippen LogP contribution is -2.33. The maximum Gasteiger partial charge on any atom is 0.276 e. The normalized spacial score (nSPS) is 10.5. The minimum atomic E-state index is -0.528. The Labute approximate surface area is 166 Å². The molecule has 2 aromatic rings. The first-order valence-electron chi connectivity index (χ1n) is 8.12. The highest BCUT2D eigenvalue weighted by Gasteiger charge is 2.14. The number of methoxy groups -OCH3 is 1. The third-order valence-electron chi connectivity index (χ3n) is 3.73. The number of nitro benzene ring substituents is 1. The predicted octanol–water partition coefficient (Wildman–Crippen LogP) is 3.37. The fourth-order valence-corrected chi connectivity index (χ4v) is 2.52. The van der Waals surface area contributed by atoms with Crippen LogP contribution in [0.2, 0.25) is 5.02 Å². The number of benzene rings is 2. The number of likely N-dealkylation sites (N-methyl/N-ethyl adjacent to an activating group) is 1. The van der Waals surface area contributed by atoms with Gasteiger partial charge in [0.05, 0.1) is 29.8 Å². The molecule has 0 aliphatic heterocycles. The van der Waals surface area contributed by atoms with Crippen molar-refractivity contribution in [2.75, 3.05) is 26.0 Å². The first-order valence-corrected chi connectivity index (χ1v) is 8.49. The van der Waals surface area contributed by atoms with Crippen molar-refractivity contribution in [1.82, 2.24) is 4.90 Å². The van der Waals surface area contributed by atoms with Crippen LogP contribution in [-0.2, 0) is 9.59 Å². The Balaban J connectivity index is 2.02. The van der Waals surface area contributed by atoms with E-state index in [2.05, 4.69) is 5.32 Å². The summed E-state index contributed by atoms with van der Waals surface area (Å²) in [4.78, 5) is 36.1. The van der Waals surface area contributed by atoms with Gasteiger partial charge >= 0.3 is 0 Å². The standard InChI is InChI=1S/C19H18ClN3O5/c1-22(12-18(24)21-15-11-14(20)8-9-17(15)28-2)19(25)10-7-13-5-3-4-6-16(13)23(26)27/h3-11H,12H2,1-2H3,(H,21,24)/b10-7+. The molecule has 2 amide bonds. The van der Waals surface area contributed by atoms with Crippen molar-refractivity contribution in [2.24, 2.45) is 0 Å². The number of nitrogens with one attached hydrogen (secondary N) is 1. The van der Waals surface area contributed by atoms with Gasteiger partial charge < -0.3 is 15.0 Å². The van der Waals surface area contributed by atoms with Crippen LogP contribution < -0.4 is 10.1 Å². The van der Waals surface area contributed by atoms with Gasteiger partial charge in [-0.25, -0.2) is 0 Å². The van der Waals surface area contributed by atoms with Crippen LogP contribution in [0.5, 0.6) is 5.75 Å². The Morgan fingerprint density at radius 1 is 1.29 bits per heavy atom. The minimum absolute atomic E-state index is 0.111. The van der Waals surface area contributed by atoms with Gasteiger partial charge in [0.2, 0.25) is 11.8 Å². The predicted molar refractivity (Wildman–Crippen MR) is 106 cm³/mol. The molecule has 0 aliphatic carbocycles. The van der Waals surface area contributed by atoms with Crippen molar-refractivity contribution < 1.29 is 19.2 Å². The van der Waals surface area contributed by atoms with Gasteiger partial charge in [0, 0.05) is 24.2 Å². The zero-order valence-electron chi connectivity index (χ0n) is 15.2. The summed E-state index contributed by atoms with van der Waals surface area (Å²) in [7, 11) is 2.91. The van der Waals surface area contributed by atoms with Gasteiger partial charge in [0.25, 0.3) is 5.69 Å². The minimum Gasteiger partial charge on any atom is -0.495 e. The smallest absolute Gasteiger partial charge is 0.276 e. The van der Waals surface area contributed by atoms with Crippen molar-refractivity contribution in [3.63, 3.8) is 0 Å². The number of nitro groups is 1. The molecule has 2 aromatic carbocycles. The molecule has 146 valence electrons. The Morgan fingerprint density at radius 3 is 2.68 bits per heavy atom. The summed E-state index contributed by atoms with van der Waals surface area (Å²) in [5.74, 6) is -0.495. The topological polar surface area (TPSA) is 102 Å². The van der Waals surface area contributed by atoms with E-state index < -0.39 is 16.7 Å². The summed E-state index contributed by atoms with van der Waals surface area (Å²) in [6.45, 7) is -0.226. The average molecular weight is 404 g/mol. The van der Waals surface area contributed by atoms with Gasteiger partial charge in [-0.3, -0.25) is 19.7 Å². The van der Waals surface area contributed by atoms with Crippen molar-refractivity contribution in [1.29, 1.82) is 0 Å². The fourth-order valence-electron chi connectivity index (χ4n) is 2.34. The number of hydrogen-bond donors (Lipinski definition) is 1. The van der Waals surface area contributed by atoms with Gasteiger partial charge in [0.1, 0.15) is 5.75 Å². The summed E-state index contributed by atoms with van der Waals surface area (Å²) >= 11 is 5.92. The molecule has 0 saturated carbocycles. The number of carbonyl (C=O) groups excluding carboxylic acids is 2. The van der Waals surface area contributed by atoms with Gasteiger partial charge in [-0.2, -0.15) is 0 Å². The molecule has 0 saturated heterocycles. The van der Waals surface area contributed by atoms with Crippen LogP contribution in [0.25, 0.3) is 6.08 Å². The molecule has 1 N–H and O–H groups in total. The number of para-hydroxylation sites is 1. The Morgan fingerprint density at radius 2 is 2.00 bits per heavy atom. The largest absolute Gasteiger partial charge is 0.495 e. The molecular formula is C19H18ClN3O5. The lowest BCUT2D eigenvalue weighted by Gasteiger charge is -2.16. The van der Waals surface area contributed by atoms with Crippen molar-refractivity contribution in [2.45, 2.75) is 0 Å². The van der Waals surface area contributed by atoms with E-state index in [0.717, 1.165) is 0 Å². The monoisotopic (exact) mass is 403 g/mol. The van der Waals surface area contributed by atoms with E-state index in [9.17, 15) is 19.7 Å². The van der Waals surface area contributed by atoms with Crippen molar-refractivity contribution >= 4 is 40.9 Å². The van der Waals surface area contributed by atoms with Crippen LogP contribution in [0, 0.1) is 10.1 Å². The third-order valence-corrected chi connectivity index (χ3v) is 3.97. The van der Waals surface area contributed by atoms with Gasteiger partial charge in [-0.05, 0) is 30.3 Å². The molecule has 0 heterocycles. The van der Waals surface area contributed by atoms with Crippen LogP contribution in [0.15, 0.2) is 48.5 Å². The van der Waals surface area contributed by atoms with E-state index in [1.165, 1.54) is 55.5 Å². The first-order chi connectivity index (χ1) is 13.3. The SMILES string of the molecule is COc1ccc(Cl)cc1NC(=O)CN(C)C(=O)/C=C/c1ccccc1[N+](=O)[O-]. The Hall–Kier alpha value is -3.39. The Bertz CT molecular complexity index is 930. The zero-order valence-corrected chi connectivity index (χ0v) is 16.0. The van der Waals surface area contributed by atoms with Crippen LogP contribution in [0.3, 0.4) is 0 Å². The molecule has 0 aliphatic rings. The second kappa shape index (κ2) is 9.52. The fraction of sp³-hybridized carbons (Fsp3) is 0.158. The maximum atomic E-state index is 12.2. The molecule has 2 rings (SSSR count). The number of ether oxygens (including phenoxy) is 1. The summed E-state index contributed by atoms with van der Waals surface area (Å²) in [6, 6.07) is 10.8. The number of rotatable bonds is 7. The van der Waals surface area contributed by atoms with Crippen molar-refractivity contribution in [3.8, 4) is 5.75 Å². The molecular weight excluding hydrogens is 386 g/mol. The van der Waals surface area contributed by atoms with E-state index >= 15 is 0 Å². The van der Waals surface area contributed by atoms with Crippen LogP contribution in [0.1, 0.15) is 5.56 Å². The molecule has 0 aromatic heterocycles. The van der Waals surface area contributed by atoms with E-state index in [4.69, 9.17) is 16.3 Å². The van der Waals surface area contributed by atoms with Gasteiger partial charge in [0.15, 0.2) is 0 Å². The molecule has 0 spiro atoms. The number of halogens is 1. The second-order valence-corrected chi connectivity index (χ2v) is 6.17. The zero-order chi connectivity index (χ0) is 20.7. The van der Waals surface area contributed by atoms with Crippen LogP contribution in [-0.4, -0.2) is 42.3 Å². The first kappa shape index (κ1) is 20.9. The van der Waals surface area contributed by atoms with Crippen LogP contribution >= 0.6 is 11.6 Å². The highest BCUT2D eigenvalue weighted by atomic mass is 35.5. The summed E-state index contributed by atoms with van der Waals surface area (Å²) in [5, 5.41) is 14.1. The molecule has 0 radical (unpaired) electrons. The third kappa shape index (κ3) is 5.55. The number of anilines is 1. The molecule has 28 heavy (non-hydrogen) atoms. The van der Waals surface area contributed by atoms with Crippen LogP contribution in [0.4, 0.5) is 11.4 Å². The molecule has 0 fully saturated rings. The summed E-state index contributed by atoms with van der Waals surface area (Å²) in [5.41, 5.74) is 0.568. The van der Waals surface area contributed by atoms with Crippen molar-refractivity contribution in [3.05, 3.63) is 69.2 Å². The number of nitrogens with zero attached hydrogens (tertiary/aromatic N) is 2. The highest BCUT2D eigenvalue weighted by molar-refractivity contribution is 6.31. The average Bonchev–Trinajstić information content (AvgIpc) is 2.66. The molecule has 0 unspecified atom stereocenters. The summed E-state index contributed by atoms with van der Waals surface area (Å²) < 4.78 is 5.15. The number of hydrogen-bond acceptors (Lipinski definition) is 5. The summed E-state index contributed by atoms with van der Waals surface area (Å²) in [6.07, 6.45) is 2.52.